The second-order valence-electron chi connectivity index (χ2n) is 8.10. The SMILES string of the molecule is CCCCCCCSc1nnc2c3c4c(sc3nc(-c3ccccc3)n12)CCCC4. The Labute approximate surface area is 186 Å². The van der Waals surface area contributed by atoms with Crippen molar-refractivity contribution in [1.82, 2.24) is 19.6 Å². The minimum Gasteiger partial charge on any atom is -0.253 e. The molecule has 0 radical (unpaired) electrons. The van der Waals surface area contributed by atoms with Gasteiger partial charge in [0.25, 0.3) is 0 Å². The van der Waals surface area contributed by atoms with Crippen molar-refractivity contribution in [1.29, 1.82) is 0 Å². The molecular formula is C24H28N4S2. The van der Waals surface area contributed by atoms with Gasteiger partial charge in [-0.1, -0.05) is 74.7 Å². The van der Waals surface area contributed by atoms with Crippen LogP contribution in [0.15, 0.2) is 35.5 Å². The maximum absolute atomic E-state index is 5.17. The topological polar surface area (TPSA) is 43.1 Å². The first-order valence-electron chi connectivity index (χ1n) is 11.2. The number of unbranched alkanes of at least 4 members (excludes halogenated alkanes) is 4. The van der Waals surface area contributed by atoms with E-state index in [1.165, 1.54) is 67.2 Å². The van der Waals surface area contributed by atoms with Crippen LogP contribution in [0.3, 0.4) is 0 Å². The number of rotatable bonds is 8. The quantitative estimate of drug-likeness (QED) is 0.221. The van der Waals surface area contributed by atoms with E-state index in [2.05, 4.69) is 46.8 Å². The molecule has 0 saturated carbocycles. The Balaban J connectivity index is 1.58. The minimum absolute atomic E-state index is 0.968. The molecule has 0 amide bonds. The van der Waals surface area contributed by atoms with Crippen molar-refractivity contribution in [2.45, 2.75) is 69.9 Å². The van der Waals surface area contributed by atoms with Crippen LogP contribution in [0.25, 0.3) is 27.3 Å². The summed E-state index contributed by atoms with van der Waals surface area (Å²) in [5.41, 5.74) is 3.59. The third-order valence-electron chi connectivity index (χ3n) is 5.94. The lowest BCUT2D eigenvalue weighted by molar-refractivity contribution is 0.659. The van der Waals surface area contributed by atoms with E-state index in [1.807, 2.05) is 23.1 Å². The summed E-state index contributed by atoms with van der Waals surface area (Å²) in [6, 6.07) is 10.5. The molecule has 30 heavy (non-hydrogen) atoms. The lowest BCUT2D eigenvalue weighted by Crippen LogP contribution is -2.01. The summed E-state index contributed by atoms with van der Waals surface area (Å²) in [6.45, 7) is 2.26. The standard InChI is InChI=1S/C24H28N4S2/c1-2-3-4-5-11-16-29-24-27-26-22-20-18-14-9-10-15-19(18)30-23(20)25-21(28(22)24)17-12-7-6-8-13-17/h6-8,12-13H,2-5,9-11,14-16H2,1H3. The normalized spacial score (nSPS) is 13.9. The fraction of sp³-hybridized carbons (Fsp3) is 0.458. The first-order chi connectivity index (χ1) is 14.9. The molecule has 0 N–H and O–H groups in total. The van der Waals surface area contributed by atoms with E-state index in [9.17, 15) is 0 Å². The number of hydrogen-bond donors (Lipinski definition) is 0. The summed E-state index contributed by atoms with van der Waals surface area (Å²) < 4.78 is 2.22. The van der Waals surface area contributed by atoms with E-state index in [4.69, 9.17) is 10.1 Å². The van der Waals surface area contributed by atoms with Gasteiger partial charge in [-0.05, 0) is 37.7 Å². The summed E-state index contributed by atoms with van der Waals surface area (Å²) in [5, 5.41) is 11.6. The van der Waals surface area contributed by atoms with Gasteiger partial charge >= 0.3 is 0 Å². The Morgan fingerprint density at radius 2 is 1.83 bits per heavy atom. The maximum atomic E-state index is 5.17. The lowest BCUT2D eigenvalue weighted by Gasteiger charge is -2.11. The summed E-state index contributed by atoms with van der Waals surface area (Å²) >= 11 is 3.69. The van der Waals surface area contributed by atoms with Gasteiger partial charge in [0.1, 0.15) is 10.7 Å². The van der Waals surface area contributed by atoms with Gasteiger partial charge in [0, 0.05) is 16.2 Å². The number of thioether (sulfide) groups is 1. The van der Waals surface area contributed by atoms with Crippen molar-refractivity contribution >= 4 is 39.0 Å². The molecular weight excluding hydrogens is 408 g/mol. The number of aryl methyl sites for hydroxylation is 2. The molecule has 0 bridgehead atoms. The molecule has 3 aromatic heterocycles. The molecule has 0 aliphatic heterocycles. The molecule has 5 rings (SSSR count). The molecule has 0 fully saturated rings. The van der Waals surface area contributed by atoms with E-state index in [0.29, 0.717) is 0 Å². The van der Waals surface area contributed by atoms with Crippen LogP contribution in [-0.4, -0.2) is 25.3 Å². The molecule has 4 nitrogen and oxygen atoms in total. The van der Waals surface area contributed by atoms with Crippen LogP contribution >= 0.6 is 23.1 Å². The fourth-order valence-corrected chi connectivity index (χ4v) is 6.56. The highest BCUT2D eigenvalue weighted by Gasteiger charge is 2.24. The van der Waals surface area contributed by atoms with Gasteiger partial charge in [0.2, 0.25) is 0 Å². The van der Waals surface area contributed by atoms with Crippen LogP contribution in [0.2, 0.25) is 0 Å². The number of aromatic nitrogens is 4. The smallest absolute Gasteiger partial charge is 0.197 e. The maximum Gasteiger partial charge on any atom is 0.197 e. The van der Waals surface area contributed by atoms with Gasteiger partial charge in [0.15, 0.2) is 10.8 Å². The fourth-order valence-electron chi connectivity index (χ4n) is 4.37. The predicted octanol–water partition coefficient (Wildman–Crippen LogP) is 6.95. The van der Waals surface area contributed by atoms with Gasteiger partial charge in [-0.3, -0.25) is 4.40 Å². The highest BCUT2D eigenvalue weighted by Crippen LogP contribution is 2.39. The molecule has 0 spiro atoms. The first kappa shape index (κ1) is 20.0. The largest absolute Gasteiger partial charge is 0.253 e. The lowest BCUT2D eigenvalue weighted by atomic mass is 9.97. The summed E-state index contributed by atoms with van der Waals surface area (Å²) in [4.78, 5) is 7.79. The zero-order valence-corrected chi connectivity index (χ0v) is 19.2. The average Bonchev–Trinajstić information content (AvgIpc) is 3.37. The van der Waals surface area contributed by atoms with Gasteiger partial charge in [-0.15, -0.1) is 21.5 Å². The third-order valence-corrected chi connectivity index (χ3v) is 8.14. The highest BCUT2D eigenvalue weighted by molar-refractivity contribution is 7.99. The average molecular weight is 437 g/mol. The van der Waals surface area contributed by atoms with Gasteiger partial charge in [0.05, 0.1) is 5.39 Å². The molecule has 1 aliphatic rings. The van der Waals surface area contributed by atoms with Crippen LogP contribution in [0.4, 0.5) is 0 Å². The van der Waals surface area contributed by atoms with E-state index >= 15 is 0 Å². The number of fused-ring (bicyclic) bond motifs is 5. The van der Waals surface area contributed by atoms with E-state index < -0.39 is 0 Å². The van der Waals surface area contributed by atoms with Crippen LogP contribution in [0, 0.1) is 0 Å². The first-order valence-corrected chi connectivity index (χ1v) is 13.0. The van der Waals surface area contributed by atoms with Crippen molar-refractivity contribution in [3.05, 3.63) is 40.8 Å². The number of benzene rings is 1. The molecule has 0 unspecified atom stereocenters. The summed E-state index contributed by atoms with van der Waals surface area (Å²) in [6.07, 6.45) is 11.3. The molecule has 0 atom stereocenters. The molecule has 156 valence electrons. The van der Waals surface area contributed by atoms with Gasteiger partial charge in [-0.2, -0.15) is 0 Å². The summed E-state index contributed by atoms with van der Waals surface area (Å²) in [5.74, 6) is 2.05. The second-order valence-corrected chi connectivity index (χ2v) is 10.2. The molecule has 0 saturated heterocycles. The Bertz CT molecular complexity index is 1150. The zero-order chi connectivity index (χ0) is 20.3. The van der Waals surface area contributed by atoms with Crippen molar-refractivity contribution in [2.24, 2.45) is 0 Å². The van der Waals surface area contributed by atoms with E-state index in [0.717, 1.165) is 39.2 Å². The molecule has 1 aliphatic carbocycles. The molecule has 3 heterocycles. The van der Waals surface area contributed by atoms with Crippen LogP contribution < -0.4 is 0 Å². The second kappa shape index (κ2) is 9.06. The third kappa shape index (κ3) is 3.76. The number of nitrogens with zero attached hydrogens (tertiary/aromatic N) is 4. The van der Waals surface area contributed by atoms with Crippen LogP contribution in [0.5, 0.6) is 0 Å². The Morgan fingerprint density at radius 1 is 1.00 bits per heavy atom. The van der Waals surface area contributed by atoms with Gasteiger partial charge in [-0.25, -0.2) is 4.98 Å². The van der Waals surface area contributed by atoms with Crippen molar-refractivity contribution in [3.63, 3.8) is 0 Å². The van der Waals surface area contributed by atoms with E-state index in [1.54, 1.807) is 0 Å². The monoisotopic (exact) mass is 436 g/mol. The summed E-state index contributed by atoms with van der Waals surface area (Å²) in [7, 11) is 0. The van der Waals surface area contributed by atoms with Gasteiger partial charge < -0.3 is 0 Å². The van der Waals surface area contributed by atoms with Crippen LogP contribution in [-0.2, 0) is 12.8 Å². The number of hydrogen-bond acceptors (Lipinski definition) is 5. The van der Waals surface area contributed by atoms with Crippen LogP contribution in [0.1, 0.15) is 62.3 Å². The highest BCUT2D eigenvalue weighted by atomic mass is 32.2. The van der Waals surface area contributed by atoms with Crippen molar-refractivity contribution < 1.29 is 0 Å². The van der Waals surface area contributed by atoms with E-state index in [-0.39, 0.29) is 0 Å². The Hall–Kier alpha value is -1.92. The minimum atomic E-state index is 0.968. The Morgan fingerprint density at radius 3 is 2.70 bits per heavy atom. The predicted molar refractivity (Wildman–Crippen MR) is 128 cm³/mol. The van der Waals surface area contributed by atoms with Crippen molar-refractivity contribution in [3.8, 4) is 11.4 Å². The Kier molecular flexibility index (Phi) is 6.05. The zero-order valence-electron chi connectivity index (χ0n) is 17.6. The number of thiophene rings is 1. The van der Waals surface area contributed by atoms with Crippen molar-refractivity contribution in [2.75, 3.05) is 5.75 Å². The molecule has 6 heteroatoms. The molecule has 1 aromatic carbocycles. The molecule has 4 aromatic rings.